The Kier molecular flexibility index (Phi) is 4.64. The maximum Gasteiger partial charge on any atom is 0.291 e. The molecule has 1 aromatic rings. The molecule has 5 rings (SSSR count). The van der Waals surface area contributed by atoms with E-state index in [0.29, 0.717) is 16.3 Å². The summed E-state index contributed by atoms with van der Waals surface area (Å²) < 4.78 is 0. The molecule has 3 fully saturated rings. The zero-order chi connectivity index (χ0) is 22.1. The predicted molar refractivity (Wildman–Crippen MR) is 112 cm³/mol. The van der Waals surface area contributed by atoms with E-state index in [1.165, 1.54) is 4.90 Å². The van der Waals surface area contributed by atoms with Crippen molar-refractivity contribution in [2.24, 2.45) is 17.6 Å². The van der Waals surface area contributed by atoms with Crippen LogP contribution in [-0.2, 0) is 24.7 Å². The van der Waals surface area contributed by atoms with Crippen LogP contribution in [0.15, 0.2) is 12.1 Å². The van der Waals surface area contributed by atoms with Gasteiger partial charge in [-0.25, -0.2) is 0 Å². The normalized spacial score (nSPS) is 32.5. The van der Waals surface area contributed by atoms with Crippen LogP contribution in [-0.4, -0.2) is 40.6 Å². The lowest BCUT2D eigenvalue weighted by atomic mass is 9.76. The van der Waals surface area contributed by atoms with Crippen molar-refractivity contribution in [1.29, 1.82) is 0 Å². The van der Waals surface area contributed by atoms with Crippen LogP contribution in [0.25, 0.3) is 0 Å². The van der Waals surface area contributed by atoms with Crippen LogP contribution in [0.4, 0.5) is 5.69 Å². The fourth-order valence-electron chi connectivity index (χ4n) is 6.29. The van der Waals surface area contributed by atoms with Gasteiger partial charge in [-0.2, -0.15) is 0 Å². The number of nitrogens with zero attached hydrogens (tertiary/aromatic N) is 1. The lowest BCUT2D eigenvalue weighted by molar-refractivity contribution is -0.732. The van der Waals surface area contributed by atoms with E-state index >= 15 is 0 Å². The van der Waals surface area contributed by atoms with Gasteiger partial charge < -0.3 is 16.4 Å². The molecular formula is C22H26ClN4O4+. The second-order valence-corrected chi connectivity index (χ2v) is 9.74. The smallest absolute Gasteiger partial charge is 0.291 e. The summed E-state index contributed by atoms with van der Waals surface area (Å²) in [6.45, 7) is 1.87. The van der Waals surface area contributed by atoms with Crippen molar-refractivity contribution >= 4 is 40.9 Å². The topological polar surface area (TPSA) is 126 Å². The van der Waals surface area contributed by atoms with Gasteiger partial charge in [-0.1, -0.05) is 30.9 Å². The number of quaternary nitrogens is 1. The minimum atomic E-state index is -1.33. The van der Waals surface area contributed by atoms with Gasteiger partial charge in [-0.15, -0.1) is 0 Å². The highest BCUT2D eigenvalue weighted by molar-refractivity contribution is 6.35. The van der Waals surface area contributed by atoms with E-state index in [1.807, 2.05) is 13.0 Å². The number of primary amides is 1. The molecule has 8 nitrogen and oxygen atoms in total. The van der Waals surface area contributed by atoms with Gasteiger partial charge in [0.05, 0.1) is 17.1 Å². The van der Waals surface area contributed by atoms with Crippen molar-refractivity contribution in [3.8, 4) is 0 Å². The molecule has 1 aromatic carbocycles. The number of rotatable bonds is 3. The number of benzene rings is 1. The van der Waals surface area contributed by atoms with Gasteiger partial charge in [0, 0.05) is 11.6 Å². The second-order valence-electron chi connectivity index (χ2n) is 9.34. The molecule has 3 aliphatic heterocycles. The highest BCUT2D eigenvalue weighted by Gasteiger charge is 2.74. The number of fused-ring (bicyclic) bond motifs is 4. The van der Waals surface area contributed by atoms with Gasteiger partial charge >= 0.3 is 0 Å². The van der Waals surface area contributed by atoms with Crippen LogP contribution in [0.2, 0.25) is 5.02 Å². The van der Waals surface area contributed by atoms with E-state index in [-0.39, 0.29) is 30.2 Å². The van der Waals surface area contributed by atoms with Crippen LogP contribution in [0.3, 0.4) is 0 Å². The third-order valence-electron chi connectivity index (χ3n) is 7.49. The third kappa shape index (κ3) is 2.77. The first-order valence-electron chi connectivity index (χ1n) is 10.9. The highest BCUT2D eigenvalue weighted by Crippen LogP contribution is 2.52. The van der Waals surface area contributed by atoms with Gasteiger partial charge in [-0.3, -0.25) is 24.1 Å². The Labute approximate surface area is 184 Å². The van der Waals surface area contributed by atoms with Crippen LogP contribution >= 0.6 is 11.6 Å². The van der Waals surface area contributed by atoms with Gasteiger partial charge in [0.2, 0.25) is 23.3 Å². The highest BCUT2D eigenvalue weighted by atomic mass is 35.5. The molecule has 164 valence electrons. The van der Waals surface area contributed by atoms with Crippen LogP contribution in [0, 0.1) is 18.8 Å². The largest absolute Gasteiger partial charge is 0.369 e. The number of amides is 4. The number of nitrogens with two attached hydrogens (primary N) is 2. The first kappa shape index (κ1) is 20.5. The van der Waals surface area contributed by atoms with E-state index in [9.17, 15) is 19.2 Å². The summed E-state index contributed by atoms with van der Waals surface area (Å²) in [7, 11) is 0. The van der Waals surface area contributed by atoms with Crippen molar-refractivity contribution in [1.82, 2.24) is 4.90 Å². The molecule has 0 aromatic heterocycles. The molecular weight excluding hydrogens is 420 g/mol. The summed E-state index contributed by atoms with van der Waals surface area (Å²) in [5.41, 5.74) is 6.09. The first-order chi connectivity index (χ1) is 14.8. The number of anilines is 1. The molecule has 4 amide bonds. The Bertz CT molecular complexity index is 1020. The zero-order valence-electron chi connectivity index (χ0n) is 17.3. The number of hydrogen-bond acceptors (Lipinski definition) is 4. The van der Waals surface area contributed by atoms with Gasteiger partial charge in [-0.05, 0) is 37.5 Å². The number of imide groups is 1. The standard InChI is InChI=1S/C22H25ClN4O4/c1-10-7-12-18(13(23)8-10)25-21(31)22(12)17-16(14(26-22)9-15(24)28)19(29)27(20(17)30)11-5-3-2-4-6-11/h7-8,11,14,16-17,26H,2-6,9H2,1H3,(H2,24,28)(H,25,31)/p+1/t14-,16-,17+,22-/m1/s1. The number of nitrogens with one attached hydrogen (secondary N) is 1. The lowest BCUT2D eigenvalue weighted by Gasteiger charge is -2.32. The monoisotopic (exact) mass is 445 g/mol. The van der Waals surface area contributed by atoms with Crippen LogP contribution < -0.4 is 16.4 Å². The Morgan fingerprint density at radius 1 is 1.23 bits per heavy atom. The Morgan fingerprint density at radius 3 is 2.61 bits per heavy atom. The molecule has 31 heavy (non-hydrogen) atoms. The summed E-state index contributed by atoms with van der Waals surface area (Å²) in [5.74, 6) is -3.17. The van der Waals surface area contributed by atoms with Crippen molar-refractivity contribution in [2.75, 3.05) is 5.32 Å². The number of aryl methyl sites for hydroxylation is 1. The molecule has 1 aliphatic carbocycles. The minimum absolute atomic E-state index is 0.0807. The summed E-state index contributed by atoms with van der Waals surface area (Å²) in [4.78, 5) is 54.0. The number of carbonyl (C=O) groups is 4. The molecule has 9 heteroatoms. The number of halogens is 1. The summed E-state index contributed by atoms with van der Waals surface area (Å²) in [5, 5.41) is 4.95. The number of likely N-dealkylation sites (tertiary alicyclic amines) is 1. The SMILES string of the molecule is Cc1cc(Cl)c2c(c1)[C@]1([NH2+][C@H](CC(N)=O)[C@H]3C(=O)N(C4CCCCC4)C(=O)[C@H]31)C(=O)N2. The van der Waals surface area contributed by atoms with Crippen molar-refractivity contribution in [3.63, 3.8) is 0 Å². The second kappa shape index (κ2) is 7.03. The summed E-state index contributed by atoms with van der Waals surface area (Å²) in [6, 6.07) is 2.88. The molecule has 3 heterocycles. The molecule has 4 atom stereocenters. The molecule has 5 N–H and O–H groups in total. The fraction of sp³-hybridized carbons (Fsp3) is 0.545. The Hall–Kier alpha value is -2.45. The molecule has 0 radical (unpaired) electrons. The average molecular weight is 446 g/mol. The van der Waals surface area contributed by atoms with E-state index in [0.717, 1.165) is 37.7 Å². The van der Waals surface area contributed by atoms with Gasteiger partial charge in [0.25, 0.3) is 5.91 Å². The van der Waals surface area contributed by atoms with Gasteiger partial charge in [0.15, 0.2) is 0 Å². The maximum atomic E-state index is 13.8. The summed E-state index contributed by atoms with van der Waals surface area (Å²) >= 11 is 6.42. The quantitative estimate of drug-likeness (QED) is 0.587. The average Bonchev–Trinajstić information content (AvgIpc) is 3.28. The molecule has 1 saturated carbocycles. The molecule has 4 aliphatic rings. The maximum absolute atomic E-state index is 13.8. The van der Waals surface area contributed by atoms with E-state index in [4.69, 9.17) is 17.3 Å². The van der Waals surface area contributed by atoms with Crippen molar-refractivity contribution in [2.45, 2.75) is 63.1 Å². The summed E-state index contributed by atoms with van der Waals surface area (Å²) in [6.07, 6.45) is 4.51. The third-order valence-corrected chi connectivity index (χ3v) is 7.78. The minimum Gasteiger partial charge on any atom is -0.369 e. The zero-order valence-corrected chi connectivity index (χ0v) is 18.1. The Morgan fingerprint density at radius 2 is 1.94 bits per heavy atom. The molecule has 0 bridgehead atoms. The molecule has 0 unspecified atom stereocenters. The Balaban J connectivity index is 1.65. The van der Waals surface area contributed by atoms with E-state index in [2.05, 4.69) is 5.32 Å². The fourth-order valence-corrected chi connectivity index (χ4v) is 6.62. The van der Waals surface area contributed by atoms with Crippen molar-refractivity contribution < 1.29 is 24.5 Å². The van der Waals surface area contributed by atoms with E-state index < -0.39 is 29.3 Å². The lowest BCUT2D eigenvalue weighted by Crippen LogP contribution is -2.99. The predicted octanol–water partition coefficient (Wildman–Crippen LogP) is 0.551. The van der Waals surface area contributed by atoms with E-state index in [1.54, 1.807) is 11.4 Å². The number of hydrogen-bond donors (Lipinski definition) is 3. The van der Waals surface area contributed by atoms with Crippen molar-refractivity contribution in [3.05, 3.63) is 28.3 Å². The van der Waals surface area contributed by atoms with Gasteiger partial charge in [0.1, 0.15) is 17.9 Å². The van der Waals surface area contributed by atoms with Crippen LogP contribution in [0.5, 0.6) is 0 Å². The first-order valence-corrected chi connectivity index (χ1v) is 11.3. The molecule has 1 spiro atoms. The van der Waals surface area contributed by atoms with Crippen LogP contribution in [0.1, 0.15) is 49.7 Å². The molecule has 2 saturated heterocycles. The number of carbonyl (C=O) groups excluding carboxylic acids is 4.